The van der Waals surface area contributed by atoms with Crippen LogP contribution in [-0.2, 0) is 0 Å². The van der Waals surface area contributed by atoms with Crippen LogP contribution >= 0.6 is 0 Å². The fourth-order valence-corrected chi connectivity index (χ4v) is 2.28. The Kier molecular flexibility index (Phi) is 7.01. The molecule has 3 nitrogen and oxygen atoms in total. The minimum Gasteiger partial charge on any atom is -0.396 e. The van der Waals surface area contributed by atoms with Crippen LogP contribution in [0.1, 0.15) is 46.0 Å². The highest BCUT2D eigenvalue weighted by molar-refractivity contribution is 4.76. The predicted octanol–water partition coefficient (Wildman–Crippen LogP) is 1.52. The van der Waals surface area contributed by atoms with Gasteiger partial charge >= 0.3 is 0 Å². The molecule has 0 aromatic heterocycles. The summed E-state index contributed by atoms with van der Waals surface area (Å²) in [6, 6.07) is 1.24. The van der Waals surface area contributed by atoms with Crippen LogP contribution in [0.3, 0.4) is 0 Å². The van der Waals surface area contributed by atoms with Gasteiger partial charge < -0.3 is 15.7 Å². The van der Waals surface area contributed by atoms with Crippen molar-refractivity contribution in [1.82, 2.24) is 10.6 Å². The zero-order valence-corrected chi connectivity index (χ0v) is 10.8. The molecule has 3 N–H and O–H groups in total. The van der Waals surface area contributed by atoms with E-state index in [-0.39, 0.29) is 6.61 Å². The van der Waals surface area contributed by atoms with E-state index < -0.39 is 0 Å². The zero-order chi connectivity index (χ0) is 11.8. The molecule has 0 bridgehead atoms. The van der Waals surface area contributed by atoms with Crippen molar-refractivity contribution in [3.8, 4) is 0 Å². The third-order valence-corrected chi connectivity index (χ3v) is 3.43. The topological polar surface area (TPSA) is 44.3 Å². The second kappa shape index (κ2) is 8.04. The van der Waals surface area contributed by atoms with E-state index in [2.05, 4.69) is 24.5 Å². The lowest BCUT2D eigenvalue weighted by atomic mass is 10.0. The standard InChI is InChI=1S/C13H28N2O/c1-11(10-16)9-15-12(2)8-13-6-4-3-5-7-14-13/h11-16H,3-10H2,1-2H3. The SMILES string of the molecule is CC(CO)CNC(C)CC1CCCCCN1. The van der Waals surface area contributed by atoms with Gasteiger partial charge in [-0.2, -0.15) is 0 Å². The van der Waals surface area contributed by atoms with Crippen molar-refractivity contribution in [3.63, 3.8) is 0 Å². The van der Waals surface area contributed by atoms with Gasteiger partial charge in [-0.1, -0.05) is 19.8 Å². The smallest absolute Gasteiger partial charge is 0.0468 e. The first-order valence-electron chi connectivity index (χ1n) is 6.80. The maximum Gasteiger partial charge on any atom is 0.0468 e. The average molecular weight is 228 g/mol. The summed E-state index contributed by atoms with van der Waals surface area (Å²) in [5.74, 6) is 0.365. The Labute approximate surface area is 100 Å². The Morgan fingerprint density at radius 3 is 2.88 bits per heavy atom. The molecule has 0 aliphatic carbocycles. The quantitative estimate of drug-likeness (QED) is 0.646. The van der Waals surface area contributed by atoms with Crippen LogP contribution in [0.5, 0.6) is 0 Å². The highest BCUT2D eigenvalue weighted by Gasteiger charge is 2.14. The molecule has 0 amide bonds. The molecule has 1 rings (SSSR count). The van der Waals surface area contributed by atoms with E-state index in [0.717, 1.165) is 6.54 Å². The largest absolute Gasteiger partial charge is 0.396 e. The molecule has 0 radical (unpaired) electrons. The van der Waals surface area contributed by atoms with E-state index in [1.807, 2.05) is 0 Å². The van der Waals surface area contributed by atoms with Gasteiger partial charge in [0.25, 0.3) is 0 Å². The van der Waals surface area contributed by atoms with Gasteiger partial charge in [0.2, 0.25) is 0 Å². The molecule has 1 heterocycles. The van der Waals surface area contributed by atoms with Crippen molar-refractivity contribution >= 4 is 0 Å². The molecule has 3 atom stereocenters. The Morgan fingerprint density at radius 1 is 1.31 bits per heavy atom. The van der Waals surface area contributed by atoms with E-state index in [1.165, 1.54) is 38.6 Å². The Morgan fingerprint density at radius 2 is 2.12 bits per heavy atom. The molecule has 0 aromatic carbocycles. The van der Waals surface area contributed by atoms with E-state index in [9.17, 15) is 0 Å². The number of aliphatic hydroxyl groups excluding tert-OH is 1. The second-order valence-electron chi connectivity index (χ2n) is 5.33. The van der Waals surface area contributed by atoms with E-state index >= 15 is 0 Å². The Hall–Kier alpha value is -0.120. The first-order valence-corrected chi connectivity index (χ1v) is 6.80. The summed E-state index contributed by atoms with van der Waals surface area (Å²) in [6.45, 7) is 6.70. The highest BCUT2D eigenvalue weighted by Crippen LogP contribution is 2.12. The average Bonchev–Trinajstić information content (AvgIpc) is 2.54. The van der Waals surface area contributed by atoms with Gasteiger partial charge in [-0.05, 0) is 38.6 Å². The summed E-state index contributed by atoms with van der Waals surface area (Å²) in [7, 11) is 0. The minimum absolute atomic E-state index is 0.279. The van der Waals surface area contributed by atoms with Crippen molar-refractivity contribution < 1.29 is 5.11 Å². The number of nitrogens with one attached hydrogen (secondary N) is 2. The van der Waals surface area contributed by atoms with Crippen LogP contribution in [0.4, 0.5) is 0 Å². The summed E-state index contributed by atoms with van der Waals surface area (Å²) < 4.78 is 0. The summed E-state index contributed by atoms with van der Waals surface area (Å²) in [6.07, 6.45) is 6.61. The van der Waals surface area contributed by atoms with Gasteiger partial charge in [0, 0.05) is 25.2 Å². The Bertz CT molecular complexity index is 167. The number of rotatable bonds is 6. The molecule has 1 aliphatic rings. The van der Waals surface area contributed by atoms with Gasteiger partial charge in [0.1, 0.15) is 0 Å². The molecule has 0 aromatic rings. The third-order valence-electron chi connectivity index (χ3n) is 3.43. The van der Waals surface area contributed by atoms with Crippen molar-refractivity contribution in [2.75, 3.05) is 19.7 Å². The second-order valence-corrected chi connectivity index (χ2v) is 5.33. The van der Waals surface area contributed by atoms with E-state index in [1.54, 1.807) is 0 Å². The van der Waals surface area contributed by atoms with Crippen LogP contribution in [0.2, 0.25) is 0 Å². The first-order chi connectivity index (χ1) is 7.72. The van der Waals surface area contributed by atoms with Gasteiger partial charge in [-0.25, -0.2) is 0 Å². The van der Waals surface area contributed by atoms with Crippen molar-refractivity contribution in [2.24, 2.45) is 5.92 Å². The van der Waals surface area contributed by atoms with Crippen LogP contribution < -0.4 is 10.6 Å². The number of aliphatic hydroxyl groups is 1. The molecule has 16 heavy (non-hydrogen) atoms. The summed E-state index contributed by atoms with van der Waals surface area (Å²) in [4.78, 5) is 0. The summed E-state index contributed by atoms with van der Waals surface area (Å²) in [5, 5.41) is 16.1. The normalized spacial score (nSPS) is 26.1. The lowest BCUT2D eigenvalue weighted by molar-refractivity contribution is 0.229. The van der Waals surface area contributed by atoms with Crippen LogP contribution in [0.15, 0.2) is 0 Å². The molecule has 1 aliphatic heterocycles. The van der Waals surface area contributed by atoms with Crippen LogP contribution in [0, 0.1) is 5.92 Å². The molecule has 1 saturated heterocycles. The van der Waals surface area contributed by atoms with Gasteiger partial charge in [-0.15, -0.1) is 0 Å². The maximum atomic E-state index is 8.95. The first kappa shape index (κ1) is 13.9. The summed E-state index contributed by atoms with van der Waals surface area (Å²) in [5.41, 5.74) is 0. The van der Waals surface area contributed by atoms with Crippen LogP contribution in [-0.4, -0.2) is 36.9 Å². The lowest BCUT2D eigenvalue weighted by Gasteiger charge is -2.22. The monoisotopic (exact) mass is 228 g/mol. The van der Waals surface area contributed by atoms with Gasteiger partial charge in [0.15, 0.2) is 0 Å². The summed E-state index contributed by atoms with van der Waals surface area (Å²) >= 11 is 0. The predicted molar refractivity (Wildman–Crippen MR) is 68.6 cm³/mol. The Balaban J connectivity index is 2.14. The molecule has 0 spiro atoms. The lowest BCUT2D eigenvalue weighted by Crippen LogP contribution is -2.38. The number of hydrogen-bond donors (Lipinski definition) is 3. The highest BCUT2D eigenvalue weighted by atomic mass is 16.3. The third kappa shape index (κ3) is 5.83. The maximum absolute atomic E-state index is 8.95. The molecule has 3 unspecified atom stereocenters. The van der Waals surface area contributed by atoms with E-state index in [0.29, 0.717) is 18.0 Å². The van der Waals surface area contributed by atoms with E-state index in [4.69, 9.17) is 5.11 Å². The zero-order valence-electron chi connectivity index (χ0n) is 10.8. The molecule has 3 heteroatoms. The van der Waals surface area contributed by atoms with Gasteiger partial charge in [0.05, 0.1) is 0 Å². The van der Waals surface area contributed by atoms with Crippen molar-refractivity contribution in [2.45, 2.75) is 58.0 Å². The fourth-order valence-electron chi connectivity index (χ4n) is 2.28. The van der Waals surface area contributed by atoms with Crippen molar-refractivity contribution in [3.05, 3.63) is 0 Å². The minimum atomic E-state index is 0.279. The van der Waals surface area contributed by atoms with Crippen LogP contribution in [0.25, 0.3) is 0 Å². The molecule has 96 valence electrons. The fraction of sp³-hybridized carbons (Fsp3) is 1.00. The van der Waals surface area contributed by atoms with Crippen molar-refractivity contribution in [1.29, 1.82) is 0 Å². The molecule has 1 fully saturated rings. The molecular weight excluding hydrogens is 200 g/mol. The van der Waals surface area contributed by atoms with Gasteiger partial charge in [-0.3, -0.25) is 0 Å². The number of hydrogen-bond acceptors (Lipinski definition) is 3. The molecule has 0 saturated carbocycles. The molecular formula is C13H28N2O.